The summed E-state index contributed by atoms with van der Waals surface area (Å²) >= 11 is 0. The van der Waals surface area contributed by atoms with E-state index in [0.29, 0.717) is 25.1 Å². The third kappa shape index (κ3) is 6.45. The summed E-state index contributed by atoms with van der Waals surface area (Å²) in [5, 5.41) is 3.45. The largest absolute Gasteiger partial charge is 0.477 e. The first-order chi connectivity index (χ1) is 13.3. The fourth-order valence-electron chi connectivity index (χ4n) is 3.63. The van der Waals surface area contributed by atoms with Crippen molar-refractivity contribution in [2.24, 2.45) is 4.99 Å². The number of halogens is 1. The molecule has 0 bridgehead atoms. The van der Waals surface area contributed by atoms with Gasteiger partial charge < -0.3 is 19.7 Å². The van der Waals surface area contributed by atoms with Crippen LogP contribution in [0.15, 0.2) is 23.3 Å². The van der Waals surface area contributed by atoms with Crippen molar-refractivity contribution in [1.82, 2.24) is 20.1 Å². The lowest BCUT2D eigenvalue weighted by Crippen LogP contribution is -2.46. The van der Waals surface area contributed by atoms with Gasteiger partial charge in [-0.2, -0.15) is 0 Å². The van der Waals surface area contributed by atoms with Crippen LogP contribution in [0.4, 0.5) is 0 Å². The zero-order valence-electron chi connectivity index (χ0n) is 17.1. The number of hydrogen-bond donors (Lipinski definition) is 1. The monoisotopic (exact) mass is 503 g/mol. The van der Waals surface area contributed by atoms with Crippen molar-refractivity contribution >= 4 is 29.9 Å². The summed E-state index contributed by atoms with van der Waals surface area (Å²) in [4.78, 5) is 14.2. The molecule has 7 nitrogen and oxygen atoms in total. The smallest absolute Gasteiger partial charge is 0.218 e. The predicted octanol–water partition coefficient (Wildman–Crippen LogP) is 2.36. The Morgan fingerprint density at radius 3 is 2.89 bits per heavy atom. The van der Waals surface area contributed by atoms with E-state index in [4.69, 9.17) is 14.5 Å². The summed E-state index contributed by atoms with van der Waals surface area (Å²) < 4.78 is 11.3. The summed E-state index contributed by atoms with van der Waals surface area (Å²) in [5.74, 6) is 1.69. The number of aliphatic imine (C=N–C) groups is 1. The van der Waals surface area contributed by atoms with Gasteiger partial charge in [0.2, 0.25) is 5.88 Å². The van der Waals surface area contributed by atoms with E-state index in [2.05, 4.69) is 33.9 Å². The van der Waals surface area contributed by atoms with E-state index in [0.717, 1.165) is 63.9 Å². The molecule has 0 amide bonds. The molecule has 0 aliphatic carbocycles. The van der Waals surface area contributed by atoms with Gasteiger partial charge in [0, 0.05) is 50.5 Å². The number of guanidine groups is 1. The predicted molar refractivity (Wildman–Crippen MR) is 123 cm³/mol. The standard InChI is InChI=1S/C20H33N5O2.HI/c1-3-12-27-19-17(6-5-8-22-19)15-23-20(21-4-2)25-9-7-18(16-25)24-10-13-26-14-11-24;/h5-6,8,18H,3-4,7,9-16H2,1-2H3,(H,21,23);1H. The van der Waals surface area contributed by atoms with Gasteiger partial charge in [0.05, 0.1) is 26.4 Å². The van der Waals surface area contributed by atoms with E-state index in [1.54, 1.807) is 6.20 Å². The van der Waals surface area contributed by atoms with Crippen molar-refractivity contribution in [2.45, 2.75) is 39.3 Å². The Morgan fingerprint density at radius 2 is 2.14 bits per heavy atom. The first-order valence-electron chi connectivity index (χ1n) is 10.2. The second kappa shape index (κ2) is 12.4. The highest BCUT2D eigenvalue weighted by Crippen LogP contribution is 2.19. The zero-order chi connectivity index (χ0) is 18.9. The average molecular weight is 503 g/mol. The highest BCUT2D eigenvalue weighted by Gasteiger charge is 2.30. The lowest BCUT2D eigenvalue weighted by Gasteiger charge is -2.32. The molecule has 1 aromatic heterocycles. The number of morpholine rings is 1. The number of hydrogen-bond acceptors (Lipinski definition) is 5. The molecule has 0 radical (unpaired) electrons. The molecule has 3 rings (SSSR count). The minimum Gasteiger partial charge on any atom is -0.477 e. The Morgan fingerprint density at radius 1 is 1.32 bits per heavy atom. The molecule has 0 aromatic carbocycles. The van der Waals surface area contributed by atoms with Crippen LogP contribution in [0, 0.1) is 0 Å². The van der Waals surface area contributed by atoms with Crippen LogP contribution in [0.5, 0.6) is 5.88 Å². The van der Waals surface area contributed by atoms with Gasteiger partial charge in [-0.15, -0.1) is 24.0 Å². The van der Waals surface area contributed by atoms with E-state index < -0.39 is 0 Å². The summed E-state index contributed by atoms with van der Waals surface area (Å²) in [6.07, 6.45) is 3.93. The second-order valence-corrected chi connectivity index (χ2v) is 7.02. The molecular formula is C20H34IN5O2. The van der Waals surface area contributed by atoms with Gasteiger partial charge in [0.1, 0.15) is 0 Å². The number of nitrogens with one attached hydrogen (secondary N) is 1. The Bertz CT molecular complexity index is 610. The van der Waals surface area contributed by atoms with Crippen molar-refractivity contribution in [1.29, 1.82) is 0 Å². The number of aromatic nitrogens is 1. The fourth-order valence-corrected chi connectivity index (χ4v) is 3.63. The maximum absolute atomic E-state index is 5.77. The van der Waals surface area contributed by atoms with Crippen molar-refractivity contribution in [3.05, 3.63) is 23.9 Å². The third-order valence-electron chi connectivity index (χ3n) is 5.05. The summed E-state index contributed by atoms with van der Waals surface area (Å²) in [5.41, 5.74) is 1.03. The normalized spacial score (nSPS) is 20.7. The molecular weight excluding hydrogens is 469 g/mol. The molecule has 2 saturated heterocycles. The molecule has 2 aliphatic heterocycles. The first kappa shape index (κ1) is 23.2. The quantitative estimate of drug-likeness (QED) is 0.350. The lowest BCUT2D eigenvalue weighted by atomic mass is 10.2. The van der Waals surface area contributed by atoms with Crippen LogP contribution < -0.4 is 10.1 Å². The van der Waals surface area contributed by atoms with Crippen LogP contribution >= 0.6 is 24.0 Å². The molecule has 158 valence electrons. The van der Waals surface area contributed by atoms with Gasteiger partial charge in [-0.05, 0) is 25.8 Å². The molecule has 28 heavy (non-hydrogen) atoms. The van der Waals surface area contributed by atoms with E-state index >= 15 is 0 Å². The average Bonchev–Trinajstić information content (AvgIpc) is 3.21. The SMILES string of the molecule is CCCOc1ncccc1CN=C(NCC)N1CCC(N2CCOCC2)C1.I. The van der Waals surface area contributed by atoms with Gasteiger partial charge in [-0.3, -0.25) is 4.90 Å². The number of nitrogens with zero attached hydrogens (tertiary/aromatic N) is 4. The summed E-state index contributed by atoms with van der Waals surface area (Å²) in [6, 6.07) is 4.59. The van der Waals surface area contributed by atoms with Crippen LogP contribution in [-0.4, -0.2) is 79.3 Å². The van der Waals surface area contributed by atoms with Crippen LogP contribution in [0.25, 0.3) is 0 Å². The molecule has 0 saturated carbocycles. The Hall–Kier alpha value is -1.13. The van der Waals surface area contributed by atoms with Gasteiger partial charge in [0.25, 0.3) is 0 Å². The van der Waals surface area contributed by atoms with Crippen LogP contribution in [0.2, 0.25) is 0 Å². The maximum atomic E-state index is 5.77. The third-order valence-corrected chi connectivity index (χ3v) is 5.05. The molecule has 3 heterocycles. The van der Waals surface area contributed by atoms with Crippen LogP contribution in [-0.2, 0) is 11.3 Å². The summed E-state index contributed by atoms with van der Waals surface area (Å²) in [6.45, 7) is 12.2. The molecule has 2 fully saturated rings. The molecule has 2 aliphatic rings. The van der Waals surface area contributed by atoms with Gasteiger partial charge in [-0.25, -0.2) is 9.98 Å². The molecule has 8 heteroatoms. The van der Waals surface area contributed by atoms with Crippen molar-refractivity contribution in [2.75, 3.05) is 52.5 Å². The number of pyridine rings is 1. The van der Waals surface area contributed by atoms with E-state index in [-0.39, 0.29) is 24.0 Å². The second-order valence-electron chi connectivity index (χ2n) is 7.02. The van der Waals surface area contributed by atoms with E-state index in [1.165, 1.54) is 6.42 Å². The molecule has 1 unspecified atom stereocenters. The Labute approximate surface area is 185 Å². The zero-order valence-corrected chi connectivity index (χ0v) is 19.4. The highest BCUT2D eigenvalue weighted by atomic mass is 127. The van der Waals surface area contributed by atoms with Gasteiger partial charge in [0.15, 0.2) is 5.96 Å². The van der Waals surface area contributed by atoms with E-state index in [1.807, 2.05) is 12.1 Å². The number of likely N-dealkylation sites (tertiary alicyclic amines) is 1. The summed E-state index contributed by atoms with van der Waals surface area (Å²) in [7, 11) is 0. The van der Waals surface area contributed by atoms with Gasteiger partial charge >= 0.3 is 0 Å². The fraction of sp³-hybridized carbons (Fsp3) is 0.700. The molecule has 1 N–H and O–H groups in total. The van der Waals surface area contributed by atoms with Crippen molar-refractivity contribution in [3.63, 3.8) is 0 Å². The minimum atomic E-state index is 0. The van der Waals surface area contributed by atoms with Crippen LogP contribution in [0.3, 0.4) is 0 Å². The highest BCUT2D eigenvalue weighted by molar-refractivity contribution is 14.0. The van der Waals surface area contributed by atoms with Crippen molar-refractivity contribution < 1.29 is 9.47 Å². The molecule has 1 aromatic rings. The van der Waals surface area contributed by atoms with Crippen LogP contribution in [0.1, 0.15) is 32.3 Å². The van der Waals surface area contributed by atoms with Crippen molar-refractivity contribution in [3.8, 4) is 5.88 Å². The van der Waals surface area contributed by atoms with E-state index in [9.17, 15) is 0 Å². The van der Waals surface area contributed by atoms with Gasteiger partial charge in [-0.1, -0.05) is 13.0 Å². The lowest BCUT2D eigenvalue weighted by molar-refractivity contribution is 0.0195. The molecule has 0 spiro atoms. The maximum Gasteiger partial charge on any atom is 0.218 e. The first-order valence-corrected chi connectivity index (χ1v) is 10.2. The number of rotatable bonds is 7. The molecule has 1 atom stereocenters. The minimum absolute atomic E-state index is 0. The Kier molecular flexibility index (Phi) is 10.3. The topological polar surface area (TPSA) is 62.2 Å². The number of ether oxygens (including phenoxy) is 2. The Balaban J connectivity index is 0.00000280.